The van der Waals surface area contributed by atoms with Gasteiger partial charge in [0.05, 0.1) is 11.3 Å². The number of carboxylic acids is 1. The second kappa shape index (κ2) is 5.36. The van der Waals surface area contributed by atoms with Crippen molar-refractivity contribution in [2.75, 3.05) is 12.0 Å². The number of nitrogens with zero attached hydrogens (tertiary/aromatic N) is 2. The van der Waals surface area contributed by atoms with Gasteiger partial charge in [-0.15, -0.1) is 0 Å². The zero-order chi connectivity index (χ0) is 13.9. The average molecular weight is 249 g/mol. The maximum absolute atomic E-state index is 12.0. The van der Waals surface area contributed by atoms with Crippen LogP contribution in [0.25, 0.3) is 0 Å². The van der Waals surface area contributed by atoms with Gasteiger partial charge in [-0.25, -0.2) is 9.47 Å². The van der Waals surface area contributed by atoms with Crippen molar-refractivity contribution in [1.29, 1.82) is 5.26 Å². The average Bonchev–Trinajstić information content (AvgIpc) is 2.28. The van der Waals surface area contributed by atoms with Crippen molar-refractivity contribution in [3.05, 3.63) is 32.7 Å². The smallest absolute Gasteiger partial charge is 0.337 e. The summed E-state index contributed by atoms with van der Waals surface area (Å²) in [6.07, 6.45) is 0.782. The molecule has 0 aliphatic heterocycles. The Labute approximate surface area is 104 Å². The number of hydrogen-bond acceptors (Lipinski definition) is 4. The third-order valence-corrected chi connectivity index (χ3v) is 2.71. The van der Waals surface area contributed by atoms with Crippen LogP contribution in [0.15, 0.2) is 4.79 Å². The first-order valence-electron chi connectivity index (χ1n) is 5.59. The van der Waals surface area contributed by atoms with Gasteiger partial charge < -0.3 is 10.5 Å². The number of aromatic nitrogens is 1. The van der Waals surface area contributed by atoms with Gasteiger partial charge in [-0.1, -0.05) is 6.92 Å². The molecule has 0 atom stereocenters. The van der Waals surface area contributed by atoms with Crippen molar-refractivity contribution in [3.63, 3.8) is 0 Å². The van der Waals surface area contributed by atoms with Crippen LogP contribution < -0.4 is 11.0 Å². The molecule has 0 aliphatic rings. The van der Waals surface area contributed by atoms with E-state index < -0.39 is 11.5 Å². The normalized spacial score (nSPS) is 9.89. The summed E-state index contributed by atoms with van der Waals surface area (Å²) in [6, 6.07) is 1.77. The number of nitriles is 1. The van der Waals surface area contributed by atoms with Crippen molar-refractivity contribution < 1.29 is 9.90 Å². The van der Waals surface area contributed by atoms with Gasteiger partial charge in [-0.3, -0.25) is 4.79 Å². The fourth-order valence-corrected chi connectivity index (χ4v) is 1.79. The fraction of sp³-hybridized carbons (Fsp3) is 0.417. The van der Waals surface area contributed by atoms with E-state index in [0.29, 0.717) is 12.2 Å². The molecule has 0 unspecified atom stereocenters. The summed E-state index contributed by atoms with van der Waals surface area (Å²) in [7, 11) is 0. The van der Waals surface area contributed by atoms with E-state index in [0.717, 1.165) is 11.1 Å². The minimum atomic E-state index is -1.14. The highest BCUT2D eigenvalue weighted by molar-refractivity contribution is 5.91. The zero-order valence-electron chi connectivity index (χ0n) is 10.6. The molecule has 2 N–H and O–H groups in total. The summed E-state index contributed by atoms with van der Waals surface area (Å²) in [6.45, 7) is 5.46. The van der Waals surface area contributed by atoms with E-state index in [1.54, 1.807) is 13.0 Å². The molecule has 1 aromatic rings. The van der Waals surface area contributed by atoms with Crippen LogP contribution >= 0.6 is 0 Å². The first kappa shape index (κ1) is 13.8. The van der Waals surface area contributed by atoms with Crippen LogP contribution in [0.2, 0.25) is 0 Å². The van der Waals surface area contributed by atoms with Gasteiger partial charge >= 0.3 is 5.97 Å². The van der Waals surface area contributed by atoms with Crippen molar-refractivity contribution in [2.24, 2.45) is 0 Å². The molecule has 96 valence electrons. The molecule has 0 saturated carbocycles. The van der Waals surface area contributed by atoms with Crippen LogP contribution in [0.1, 0.15) is 40.5 Å². The van der Waals surface area contributed by atoms with Crippen LogP contribution in [-0.4, -0.2) is 22.3 Å². The van der Waals surface area contributed by atoms with E-state index in [2.05, 4.69) is 5.43 Å². The first-order valence-corrected chi connectivity index (χ1v) is 5.59. The van der Waals surface area contributed by atoms with E-state index in [1.807, 2.05) is 6.92 Å². The van der Waals surface area contributed by atoms with Gasteiger partial charge in [0.1, 0.15) is 11.6 Å². The minimum absolute atomic E-state index is 0.00486. The standard InChI is InChI=1S/C12H15N3O3/c1-4-5-14-15-8(3)10(12(17)18)7(2)9(6-13)11(15)16/h14H,4-5H2,1-3H3,(H,17,18). The fourth-order valence-electron chi connectivity index (χ4n) is 1.79. The lowest BCUT2D eigenvalue weighted by atomic mass is 10.0. The zero-order valence-corrected chi connectivity index (χ0v) is 10.6. The number of carboxylic acid groups (broad SMARTS) is 1. The number of carbonyl (C=O) groups is 1. The maximum Gasteiger partial charge on any atom is 0.337 e. The van der Waals surface area contributed by atoms with Gasteiger partial charge in [0.2, 0.25) is 0 Å². The van der Waals surface area contributed by atoms with Gasteiger partial charge in [-0.2, -0.15) is 5.26 Å². The van der Waals surface area contributed by atoms with Crippen LogP contribution in [-0.2, 0) is 0 Å². The van der Waals surface area contributed by atoms with Crippen LogP contribution in [0.5, 0.6) is 0 Å². The molecule has 1 aromatic heterocycles. The number of pyridine rings is 1. The molecule has 0 saturated heterocycles. The highest BCUT2D eigenvalue weighted by atomic mass is 16.4. The van der Waals surface area contributed by atoms with Crippen LogP contribution in [0, 0.1) is 25.2 Å². The first-order chi connectivity index (χ1) is 8.45. The van der Waals surface area contributed by atoms with E-state index in [4.69, 9.17) is 10.4 Å². The molecule has 1 heterocycles. The molecule has 0 fully saturated rings. The molecule has 1 rings (SSSR count). The Kier molecular flexibility index (Phi) is 4.10. The Morgan fingerprint density at radius 2 is 2.11 bits per heavy atom. The Morgan fingerprint density at radius 3 is 2.56 bits per heavy atom. The third-order valence-electron chi connectivity index (χ3n) is 2.71. The van der Waals surface area contributed by atoms with Gasteiger partial charge in [0.15, 0.2) is 0 Å². The second-order valence-electron chi connectivity index (χ2n) is 3.93. The summed E-state index contributed by atoms with van der Waals surface area (Å²) in [5, 5.41) is 18.1. The Morgan fingerprint density at radius 1 is 1.50 bits per heavy atom. The van der Waals surface area contributed by atoms with Gasteiger partial charge in [0, 0.05) is 6.54 Å². The van der Waals surface area contributed by atoms with E-state index >= 15 is 0 Å². The number of nitrogens with one attached hydrogen (secondary N) is 1. The Balaban J connectivity index is 3.63. The SMILES string of the molecule is CCCNn1c(C)c(C(=O)O)c(C)c(C#N)c1=O. The lowest BCUT2D eigenvalue weighted by Gasteiger charge is -2.16. The van der Waals surface area contributed by atoms with E-state index in [9.17, 15) is 9.59 Å². The predicted octanol–water partition coefficient (Wildman–Crippen LogP) is 0.989. The highest BCUT2D eigenvalue weighted by Gasteiger charge is 2.20. The molecular formula is C12H15N3O3. The Bertz CT molecular complexity index is 582. The molecule has 0 bridgehead atoms. The Hall–Kier alpha value is -2.29. The molecule has 0 spiro atoms. The summed E-state index contributed by atoms with van der Waals surface area (Å²) in [4.78, 5) is 23.2. The molecule has 6 nitrogen and oxygen atoms in total. The molecule has 0 amide bonds. The summed E-state index contributed by atoms with van der Waals surface area (Å²) in [5.74, 6) is -1.14. The largest absolute Gasteiger partial charge is 0.478 e. The van der Waals surface area contributed by atoms with Gasteiger partial charge in [0.25, 0.3) is 5.56 Å². The van der Waals surface area contributed by atoms with E-state index in [-0.39, 0.29) is 16.7 Å². The van der Waals surface area contributed by atoms with Crippen molar-refractivity contribution in [3.8, 4) is 6.07 Å². The summed E-state index contributed by atoms with van der Waals surface area (Å²) < 4.78 is 1.14. The van der Waals surface area contributed by atoms with Crippen molar-refractivity contribution in [2.45, 2.75) is 27.2 Å². The lowest BCUT2D eigenvalue weighted by molar-refractivity contribution is 0.0694. The minimum Gasteiger partial charge on any atom is -0.478 e. The topological polar surface area (TPSA) is 95.1 Å². The lowest BCUT2D eigenvalue weighted by Crippen LogP contribution is -2.35. The van der Waals surface area contributed by atoms with Crippen molar-refractivity contribution >= 4 is 5.97 Å². The van der Waals surface area contributed by atoms with Crippen LogP contribution in [0.4, 0.5) is 0 Å². The highest BCUT2D eigenvalue weighted by Crippen LogP contribution is 2.14. The summed E-state index contributed by atoms with van der Waals surface area (Å²) in [5.41, 5.74) is 2.68. The third kappa shape index (κ3) is 2.20. The molecule has 0 radical (unpaired) electrons. The number of aromatic carboxylic acids is 1. The monoisotopic (exact) mass is 249 g/mol. The van der Waals surface area contributed by atoms with Crippen LogP contribution in [0.3, 0.4) is 0 Å². The number of hydrogen-bond donors (Lipinski definition) is 2. The molecule has 0 aliphatic carbocycles. The maximum atomic E-state index is 12.0. The van der Waals surface area contributed by atoms with Crippen molar-refractivity contribution in [1.82, 2.24) is 4.68 Å². The molecular weight excluding hydrogens is 234 g/mol. The quantitative estimate of drug-likeness (QED) is 0.829. The summed E-state index contributed by atoms with van der Waals surface area (Å²) >= 11 is 0. The molecule has 6 heteroatoms. The van der Waals surface area contributed by atoms with E-state index in [1.165, 1.54) is 6.92 Å². The second-order valence-corrected chi connectivity index (χ2v) is 3.93. The molecule has 0 aromatic carbocycles. The molecule has 18 heavy (non-hydrogen) atoms. The van der Waals surface area contributed by atoms with Gasteiger partial charge in [-0.05, 0) is 25.8 Å². The number of rotatable bonds is 4. The predicted molar refractivity (Wildman–Crippen MR) is 66.4 cm³/mol.